The van der Waals surface area contributed by atoms with E-state index in [1.54, 1.807) is 4.90 Å². The number of morpholine rings is 1. The van der Waals surface area contributed by atoms with E-state index in [4.69, 9.17) is 9.84 Å². The van der Waals surface area contributed by atoms with Gasteiger partial charge < -0.3 is 19.6 Å². The average Bonchev–Trinajstić information content (AvgIpc) is 2.44. The van der Waals surface area contributed by atoms with Crippen LogP contribution in [0.2, 0.25) is 0 Å². The molecule has 2 aliphatic heterocycles. The van der Waals surface area contributed by atoms with Gasteiger partial charge in [0.05, 0.1) is 24.7 Å². The highest BCUT2D eigenvalue weighted by Crippen LogP contribution is 2.41. The molecule has 23 heavy (non-hydrogen) atoms. The van der Waals surface area contributed by atoms with E-state index in [0.717, 1.165) is 19.3 Å². The van der Waals surface area contributed by atoms with Crippen LogP contribution in [0.1, 0.15) is 38.5 Å². The number of carbonyl (C=O) groups is 2. The Morgan fingerprint density at radius 2 is 1.78 bits per heavy atom. The molecule has 0 aromatic heterocycles. The van der Waals surface area contributed by atoms with Crippen molar-refractivity contribution in [1.82, 2.24) is 9.80 Å². The lowest BCUT2D eigenvalue weighted by atomic mass is 9.78. The number of carboxylic acid groups (broad SMARTS) is 1. The first-order valence-corrected chi connectivity index (χ1v) is 8.10. The molecule has 1 saturated carbocycles. The van der Waals surface area contributed by atoms with Crippen molar-refractivity contribution in [1.29, 1.82) is 0 Å². The first kappa shape index (κ1) is 16.4. The molecule has 0 aromatic rings. The van der Waals surface area contributed by atoms with Crippen LogP contribution in [-0.2, 0) is 9.53 Å². The predicted molar refractivity (Wildman–Crippen MR) is 76.4 cm³/mol. The largest absolute Gasteiger partial charge is 0.481 e. The van der Waals surface area contributed by atoms with Gasteiger partial charge >= 0.3 is 12.0 Å². The van der Waals surface area contributed by atoms with Crippen molar-refractivity contribution in [2.45, 2.75) is 56.2 Å². The van der Waals surface area contributed by atoms with E-state index >= 15 is 0 Å². The predicted octanol–water partition coefficient (Wildman–Crippen LogP) is 1.94. The van der Waals surface area contributed by atoms with Crippen LogP contribution in [0.5, 0.6) is 0 Å². The number of carboxylic acids is 1. The highest BCUT2D eigenvalue weighted by Gasteiger charge is 2.48. The topological polar surface area (TPSA) is 70.1 Å². The summed E-state index contributed by atoms with van der Waals surface area (Å²) >= 11 is 0. The summed E-state index contributed by atoms with van der Waals surface area (Å²) in [6, 6.07) is -0.273. The third-order valence-corrected chi connectivity index (χ3v) is 5.02. The number of likely N-dealkylation sites (tertiary alicyclic amines) is 1. The molecule has 6 nitrogen and oxygen atoms in total. The lowest BCUT2D eigenvalue weighted by Gasteiger charge is -2.52. The second-order valence-corrected chi connectivity index (χ2v) is 6.88. The zero-order chi connectivity index (χ0) is 16.7. The number of alkyl halides is 2. The lowest BCUT2D eigenvalue weighted by Crippen LogP contribution is -2.62. The van der Waals surface area contributed by atoms with Crippen LogP contribution in [0, 0.1) is 0 Å². The van der Waals surface area contributed by atoms with E-state index in [-0.39, 0.29) is 44.9 Å². The monoisotopic (exact) mass is 332 g/mol. The van der Waals surface area contributed by atoms with Gasteiger partial charge in [-0.3, -0.25) is 4.79 Å². The minimum Gasteiger partial charge on any atom is -0.481 e. The molecule has 130 valence electrons. The Labute approximate surface area is 133 Å². The molecule has 1 N–H and O–H groups in total. The van der Waals surface area contributed by atoms with Crippen molar-refractivity contribution < 1.29 is 28.2 Å². The maximum Gasteiger partial charge on any atom is 0.320 e. The number of nitrogens with zero attached hydrogens (tertiary/aromatic N) is 2. The Bertz CT molecular complexity index is 486. The number of urea groups is 1. The number of hydrogen-bond acceptors (Lipinski definition) is 3. The fourth-order valence-corrected chi connectivity index (χ4v) is 3.61. The summed E-state index contributed by atoms with van der Waals surface area (Å²) in [6.07, 6.45) is 1.31. The Morgan fingerprint density at radius 1 is 1.13 bits per heavy atom. The Kier molecular flexibility index (Phi) is 4.20. The van der Waals surface area contributed by atoms with Crippen LogP contribution < -0.4 is 0 Å². The van der Waals surface area contributed by atoms with Gasteiger partial charge in [0.25, 0.3) is 5.92 Å². The maximum absolute atomic E-state index is 13.2. The van der Waals surface area contributed by atoms with Crippen LogP contribution in [-0.4, -0.2) is 70.7 Å². The number of aliphatic carboxylic acids is 1. The molecule has 3 aliphatic rings. The van der Waals surface area contributed by atoms with Gasteiger partial charge in [0.15, 0.2) is 0 Å². The third-order valence-electron chi connectivity index (χ3n) is 5.02. The standard InChI is InChI=1S/C15H22F2N2O4/c16-15(17)4-6-18(7-5-15)13(22)19-9-11(8-12(20)21)23-14(10-19)2-1-3-14/h11H,1-10H2,(H,20,21). The van der Waals surface area contributed by atoms with E-state index in [1.807, 2.05) is 0 Å². The van der Waals surface area contributed by atoms with Gasteiger partial charge in [0.2, 0.25) is 0 Å². The van der Waals surface area contributed by atoms with Gasteiger partial charge in [-0.05, 0) is 19.3 Å². The molecule has 1 aliphatic carbocycles. The SMILES string of the molecule is O=C(O)CC1CN(C(=O)N2CCC(F)(F)CC2)CC2(CCC2)O1. The first-order chi connectivity index (χ1) is 10.8. The van der Waals surface area contributed by atoms with Crippen LogP contribution in [0.15, 0.2) is 0 Å². The molecule has 0 bridgehead atoms. The minimum atomic E-state index is -2.69. The van der Waals surface area contributed by atoms with Crippen molar-refractivity contribution in [3.8, 4) is 0 Å². The molecule has 3 rings (SSSR count). The summed E-state index contributed by atoms with van der Waals surface area (Å²) in [5.74, 6) is -3.65. The van der Waals surface area contributed by atoms with E-state index in [0.29, 0.717) is 6.54 Å². The van der Waals surface area contributed by atoms with Crippen molar-refractivity contribution in [3.05, 3.63) is 0 Å². The summed E-state index contributed by atoms with van der Waals surface area (Å²) in [6.45, 7) is 0.716. The van der Waals surface area contributed by atoms with Gasteiger partial charge in [0.1, 0.15) is 0 Å². The maximum atomic E-state index is 13.2. The van der Waals surface area contributed by atoms with Crippen molar-refractivity contribution in [2.24, 2.45) is 0 Å². The molecule has 1 spiro atoms. The van der Waals surface area contributed by atoms with Crippen molar-refractivity contribution in [3.63, 3.8) is 0 Å². The van der Waals surface area contributed by atoms with Gasteiger partial charge in [-0.2, -0.15) is 0 Å². The second kappa shape index (κ2) is 5.89. The molecule has 1 atom stereocenters. The normalized spacial score (nSPS) is 29.2. The molecule has 3 fully saturated rings. The summed E-state index contributed by atoms with van der Waals surface area (Å²) in [5.41, 5.74) is -0.437. The number of carbonyl (C=O) groups excluding carboxylic acids is 1. The van der Waals surface area contributed by atoms with Crippen molar-refractivity contribution >= 4 is 12.0 Å². The number of rotatable bonds is 2. The quantitative estimate of drug-likeness (QED) is 0.839. The molecular formula is C15H22F2N2O4. The van der Waals surface area contributed by atoms with Crippen LogP contribution in [0.3, 0.4) is 0 Å². The van der Waals surface area contributed by atoms with Crippen LogP contribution in [0.25, 0.3) is 0 Å². The Morgan fingerprint density at radius 3 is 2.30 bits per heavy atom. The van der Waals surface area contributed by atoms with Gasteiger partial charge in [-0.15, -0.1) is 0 Å². The highest BCUT2D eigenvalue weighted by atomic mass is 19.3. The smallest absolute Gasteiger partial charge is 0.320 e. The highest BCUT2D eigenvalue weighted by molar-refractivity contribution is 5.75. The van der Waals surface area contributed by atoms with Gasteiger partial charge in [0, 0.05) is 32.5 Å². The molecule has 2 saturated heterocycles. The Hall–Kier alpha value is -1.44. The first-order valence-electron chi connectivity index (χ1n) is 8.10. The van der Waals surface area contributed by atoms with E-state index in [2.05, 4.69) is 0 Å². The van der Waals surface area contributed by atoms with Crippen LogP contribution >= 0.6 is 0 Å². The number of ether oxygens (including phenoxy) is 1. The lowest BCUT2D eigenvalue weighted by molar-refractivity contribution is -0.189. The molecule has 8 heteroatoms. The minimum absolute atomic E-state index is 0.0415. The fraction of sp³-hybridized carbons (Fsp3) is 0.867. The van der Waals surface area contributed by atoms with Crippen LogP contribution in [0.4, 0.5) is 13.6 Å². The second-order valence-electron chi connectivity index (χ2n) is 6.88. The summed E-state index contributed by atoms with van der Waals surface area (Å²) in [5, 5.41) is 8.98. The Balaban J connectivity index is 1.65. The molecule has 2 heterocycles. The van der Waals surface area contributed by atoms with E-state index < -0.39 is 23.6 Å². The molecule has 0 radical (unpaired) electrons. The van der Waals surface area contributed by atoms with Gasteiger partial charge in [-0.1, -0.05) is 0 Å². The molecule has 2 amide bonds. The fourth-order valence-electron chi connectivity index (χ4n) is 3.61. The number of piperidine rings is 1. The summed E-state index contributed by atoms with van der Waals surface area (Å²) in [7, 11) is 0. The van der Waals surface area contributed by atoms with E-state index in [9.17, 15) is 18.4 Å². The average molecular weight is 332 g/mol. The number of hydrogen-bond donors (Lipinski definition) is 1. The number of amides is 2. The number of halogens is 2. The zero-order valence-electron chi connectivity index (χ0n) is 13.0. The van der Waals surface area contributed by atoms with Gasteiger partial charge in [-0.25, -0.2) is 13.6 Å². The molecular weight excluding hydrogens is 310 g/mol. The van der Waals surface area contributed by atoms with E-state index in [1.165, 1.54) is 4.90 Å². The van der Waals surface area contributed by atoms with Crippen molar-refractivity contribution in [2.75, 3.05) is 26.2 Å². The summed E-state index contributed by atoms with van der Waals surface area (Å²) < 4.78 is 32.4. The third kappa shape index (κ3) is 3.57. The molecule has 0 aromatic carbocycles. The molecule has 1 unspecified atom stereocenters. The zero-order valence-corrected chi connectivity index (χ0v) is 13.0. The summed E-state index contributed by atoms with van der Waals surface area (Å²) in [4.78, 5) is 26.6.